The minimum atomic E-state index is -0.0217. The van der Waals surface area contributed by atoms with E-state index in [4.69, 9.17) is 10.5 Å². The van der Waals surface area contributed by atoms with Crippen molar-refractivity contribution in [2.45, 2.75) is 13.1 Å². The summed E-state index contributed by atoms with van der Waals surface area (Å²) in [7, 11) is 0. The fourth-order valence-corrected chi connectivity index (χ4v) is 2.29. The number of amides is 1. The first-order valence-corrected chi connectivity index (χ1v) is 6.58. The highest BCUT2D eigenvalue weighted by molar-refractivity contribution is 5.97. The van der Waals surface area contributed by atoms with Gasteiger partial charge in [0.2, 0.25) is 0 Å². The normalized spacial score (nSPS) is 13.8. The second-order valence-electron chi connectivity index (χ2n) is 4.76. The summed E-state index contributed by atoms with van der Waals surface area (Å²) >= 11 is 0. The van der Waals surface area contributed by atoms with Crippen LogP contribution in [0.1, 0.15) is 11.1 Å². The molecule has 0 fully saturated rings. The van der Waals surface area contributed by atoms with Crippen LogP contribution in [0.4, 0.5) is 5.69 Å². The zero-order valence-corrected chi connectivity index (χ0v) is 11.1. The molecule has 2 N–H and O–H groups in total. The Morgan fingerprint density at radius 1 is 1.05 bits per heavy atom. The molecular weight excluding hydrogens is 252 g/mol. The van der Waals surface area contributed by atoms with Gasteiger partial charge < -0.3 is 15.4 Å². The standard InChI is InChI=1S/C16H16N2O2/c17-9-12-5-7-13(8-6-12)10-18-14-3-1-2-4-15(14)20-11-16(18)19/h1-8H,9-11,17H2. The van der Waals surface area contributed by atoms with Crippen LogP contribution in [0.15, 0.2) is 48.5 Å². The van der Waals surface area contributed by atoms with E-state index in [0.29, 0.717) is 13.1 Å². The minimum absolute atomic E-state index is 0.0217. The molecule has 4 heteroatoms. The number of benzene rings is 2. The van der Waals surface area contributed by atoms with Crippen molar-refractivity contribution in [2.24, 2.45) is 5.73 Å². The summed E-state index contributed by atoms with van der Waals surface area (Å²) in [6.07, 6.45) is 0. The summed E-state index contributed by atoms with van der Waals surface area (Å²) in [5.74, 6) is 0.734. The lowest BCUT2D eigenvalue weighted by Gasteiger charge is -2.29. The Morgan fingerprint density at radius 2 is 1.75 bits per heavy atom. The van der Waals surface area contributed by atoms with Crippen molar-refractivity contribution >= 4 is 11.6 Å². The maximum atomic E-state index is 12.1. The fraction of sp³-hybridized carbons (Fsp3) is 0.188. The summed E-state index contributed by atoms with van der Waals surface area (Å²) < 4.78 is 5.43. The molecule has 102 valence electrons. The third-order valence-corrected chi connectivity index (χ3v) is 3.41. The van der Waals surface area contributed by atoms with Gasteiger partial charge in [0.05, 0.1) is 12.2 Å². The maximum absolute atomic E-state index is 12.1. The zero-order chi connectivity index (χ0) is 13.9. The number of hydrogen-bond donors (Lipinski definition) is 1. The van der Waals surface area contributed by atoms with Crippen molar-refractivity contribution in [1.82, 2.24) is 0 Å². The summed E-state index contributed by atoms with van der Waals surface area (Å²) in [4.78, 5) is 13.8. The monoisotopic (exact) mass is 268 g/mol. The Balaban J connectivity index is 1.87. The Kier molecular flexibility index (Phi) is 3.39. The highest BCUT2D eigenvalue weighted by Gasteiger charge is 2.24. The van der Waals surface area contributed by atoms with Crippen molar-refractivity contribution in [3.63, 3.8) is 0 Å². The first-order valence-electron chi connectivity index (χ1n) is 6.58. The third kappa shape index (κ3) is 2.38. The number of carbonyl (C=O) groups is 1. The van der Waals surface area contributed by atoms with Gasteiger partial charge in [-0.05, 0) is 23.3 Å². The molecule has 0 saturated heterocycles. The number of ether oxygens (including phenoxy) is 1. The second kappa shape index (κ2) is 5.35. The Labute approximate surface area is 117 Å². The van der Waals surface area contributed by atoms with Crippen LogP contribution < -0.4 is 15.4 Å². The van der Waals surface area contributed by atoms with Crippen LogP contribution in [0.25, 0.3) is 0 Å². The van der Waals surface area contributed by atoms with Gasteiger partial charge in [-0.3, -0.25) is 4.79 Å². The molecule has 4 nitrogen and oxygen atoms in total. The molecule has 1 heterocycles. The first kappa shape index (κ1) is 12.7. The molecule has 0 aromatic heterocycles. The van der Waals surface area contributed by atoms with Crippen molar-refractivity contribution in [2.75, 3.05) is 11.5 Å². The molecule has 0 atom stereocenters. The number of rotatable bonds is 3. The van der Waals surface area contributed by atoms with Crippen LogP contribution in [0.5, 0.6) is 5.75 Å². The predicted octanol–water partition coefficient (Wildman–Crippen LogP) is 2.07. The van der Waals surface area contributed by atoms with Crippen molar-refractivity contribution in [3.05, 3.63) is 59.7 Å². The quantitative estimate of drug-likeness (QED) is 0.927. The molecule has 2 aromatic carbocycles. The van der Waals surface area contributed by atoms with Gasteiger partial charge in [0.25, 0.3) is 5.91 Å². The van der Waals surface area contributed by atoms with Crippen LogP contribution in [-0.2, 0) is 17.9 Å². The molecule has 3 rings (SSSR count). The van der Waals surface area contributed by atoms with Gasteiger partial charge in [0, 0.05) is 6.54 Å². The zero-order valence-electron chi connectivity index (χ0n) is 11.1. The van der Waals surface area contributed by atoms with Crippen molar-refractivity contribution in [3.8, 4) is 5.75 Å². The molecule has 0 aliphatic carbocycles. The average Bonchev–Trinajstić information content (AvgIpc) is 2.51. The highest BCUT2D eigenvalue weighted by atomic mass is 16.5. The molecule has 2 aromatic rings. The van der Waals surface area contributed by atoms with E-state index in [-0.39, 0.29) is 12.5 Å². The summed E-state index contributed by atoms with van der Waals surface area (Å²) in [6, 6.07) is 15.6. The summed E-state index contributed by atoms with van der Waals surface area (Å²) in [5, 5.41) is 0. The van der Waals surface area contributed by atoms with E-state index in [9.17, 15) is 4.79 Å². The van der Waals surface area contributed by atoms with Crippen molar-refractivity contribution in [1.29, 1.82) is 0 Å². The second-order valence-corrected chi connectivity index (χ2v) is 4.76. The first-order chi connectivity index (χ1) is 9.78. The van der Waals surface area contributed by atoms with E-state index in [2.05, 4.69) is 0 Å². The number of fused-ring (bicyclic) bond motifs is 1. The predicted molar refractivity (Wildman–Crippen MR) is 77.5 cm³/mol. The van der Waals surface area contributed by atoms with Crippen LogP contribution in [-0.4, -0.2) is 12.5 Å². The number of nitrogens with two attached hydrogens (primary N) is 1. The Morgan fingerprint density at radius 3 is 2.50 bits per heavy atom. The summed E-state index contributed by atoms with van der Waals surface area (Å²) in [5.41, 5.74) is 8.58. The Bertz CT molecular complexity index is 623. The highest BCUT2D eigenvalue weighted by Crippen LogP contribution is 2.32. The van der Waals surface area contributed by atoms with Crippen LogP contribution in [0, 0.1) is 0 Å². The van der Waals surface area contributed by atoms with Gasteiger partial charge in [0.15, 0.2) is 6.61 Å². The molecule has 0 unspecified atom stereocenters. The number of carbonyl (C=O) groups excluding carboxylic acids is 1. The van der Waals surface area contributed by atoms with E-state index >= 15 is 0 Å². The number of anilines is 1. The Hall–Kier alpha value is -2.33. The fourth-order valence-electron chi connectivity index (χ4n) is 2.29. The molecule has 1 amide bonds. The lowest BCUT2D eigenvalue weighted by molar-refractivity contribution is -0.121. The molecule has 1 aliphatic rings. The molecular formula is C16H16N2O2. The van der Waals surface area contributed by atoms with Gasteiger partial charge >= 0.3 is 0 Å². The average molecular weight is 268 g/mol. The molecule has 0 bridgehead atoms. The van der Waals surface area contributed by atoms with Crippen LogP contribution in [0.2, 0.25) is 0 Å². The van der Waals surface area contributed by atoms with E-state index in [0.717, 1.165) is 22.6 Å². The van der Waals surface area contributed by atoms with Gasteiger partial charge in [-0.15, -0.1) is 0 Å². The number of hydrogen-bond acceptors (Lipinski definition) is 3. The lowest BCUT2D eigenvalue weighted by atomic mass is 10.1. The lowest BCUT2D eigenvalue weighted by Crippen LogP contribution is -2.38. The molecule has 0 saturated carbocycles. The number of para-hydroxylation sites is 2. The van der Waals surface area contributed by atoms with Gasteiger partial charge in [-0.25, -0.2) is 0 Å². The van der Waals surface area contributed by atoms with Crippen LogP contribution in [0.3, 0.4) is 0 Å². The molecule has 20 heavy (non-hydrogen) atoms. The van der Waals surface area contributed by atoms with Crippen molar-refractivity contribution < 1.29 is 9.53 Å². The van der Waals surface area contributed by atoms with Crippen LogP contribution >= 0.6 is 0 Å². The van der Waals surface area contributed by atoms with E-state index in [1.54, 1.807) is 4.90 Å². The van der Waals surface area contributed by atoms with Gasteiger partial charge in [0.1, 0.15) is 5.75 Å². The molecule has 1 aliphatic heterocycles. The largest absolute Gasteiger partial charge is 0.482 e. The van der Waals surface area contributed by atoms with E-state index < -0.39 is 0 Å². The topological polar surface area (TPSA) is 55.6 Å². The summed E-state index contributed by atoms with van der Waals surface area (Å²) in [6.45, 7) is 1.17. The SMILES string of the molecule is NCc1ccc(CN2C(=O)COc3ccccc32)cc1. The number of nitrogens with zero attached hydrogens (tertiary/aromatic N) is 1. The van der Waals surface area contributed by atoms with E-state index in [1.807, 2.05) is 48.5 Å². The third-order valence-electron chi connectivity index (χ3n) is 3.41. The van der Waals surface area contributed by atoms with Gasteiger partial charge in [-0.2, -0.15) is 0 Å². The van der Waals surface area contributed by atoms with Gasteiger partial charge in [-0.1, -0.05) is 36.4 Å². The smallest absolute Gasteiger partial charge is 0.265 e. The molecule has 0 spiro atoms. The minimum Gasteiger partial charge on any atom is -0.482 e. The maximum Gasteiger partial charge on any atom is 0.265 e. The van der Waals surface area contributed by atoms with E-state index in [1.165, 1.54) is 0 Å². The molecule has 0 radical (unpaired) electrons.